The van der Waals surface area contributed by atoms with Gasteiger partial charge in [0, 0.05) is 10.8 Å². The van der Waals surface area contributed by atoms with Crippen molar-refractivity contribution in [2.24, 2.45) is 0 Å². The first-order valence-corrected chi connectivity index (χ1v) is 39.5. The molecule has 2 aliphatic carbocycles. The third kappa shape index (κ3) is 19.8. The van der Waals surface area contributed by atoms with Gasteiger partial charge in [-0.3, -0.25) is 23.7 Å². The molecule has 0 nitrogen and oxygen atoms in total. The minimum absolute atomic E-state index is 0. The first-order chi connectivity index (χ1) is 46.5. The molecule has 0 atom stereocenters. The van der Waals surface area contributed by atoms with Crippen LogP contribution in [-0.2, 0) is 100 Å². The number of fused-ring (bicyclic) bond motifs is 6. The molecule has 0 spiro atoms. The van der Waals surface area contributed by atoms with E-state index < -0.39 is 31.7 Å². The Morgan fingerprint density at radius 2 is 0.414 bits per heavy atom. The number of rotatable bonds is 15. The molecule has 2 aliphatic rings. The van der Waals surface area contributed by atoms with Gasteiger partial charge in [-0.05, 0) is 154 Å². The number of benzene rings is 12. The van der Waals surface area contributed by atoms with Gasteiger partial charge in [-0.2, -0.15) is 0 Å². The van der Waals surface area contributed by atoms with E-state index in [0.29, 0.717) is 0 Å². The number of unbranched alkanes of at least 4 members (excludes halogenated alkanes) is 1. The van der Waals surface area contributed by atoms with Crippen molar-refractivity contribution >= 4 is 74.1 Å². The first kappa shape index (κ1) is 79.9. The molecule has 0 bridgehead atoms. The Balaban J connectivity index is 0.000000186. The zero-order valence-electron chi connectivity index (χ0n) is 55.8. The first-order valence-electron chi connectivity index (χ1n) is 32.7. The second-order valence-corrected chi connectivity index (χ2v) is 35.9. The molecule has 0 radical (unpaired) electrons. The molecule has 0 aromatic heterocycles. The zero-order chi connectivity index (χ0) is 66.0. The number of hydrogen-bond acceptors (Lipinski definition) is 0. The number of hydrogen-bond donors (Lipinski definition) is 0. The maximum absolute atomic E-state index is 7.28. The van der Waals surface area contributed by atoms with Crippen molar-refractivity contribution in [2.45, 2.75) is 51.4 Å². The van der Waals surface area contributed by atoms with E-state index in [9.17, 15) is 0 Å². The Bertz CT molecular complexity index is 4090. The fourth-order valence-corrected chi connectivity index (χ4v) is 26.5. The Labute approximate surface area is 658 Å². The summed E-state index contributed by atoms with van der Waals surface area (Å²) in [7, 11) is -3.12. The molecule has 8 heteroatoms. The fraction of sp³-hybridized carbons (Fsp3) is 0.121. The van der Waals surface area contributed by atoms with Crippen molar-refractivity contribution in [1.29, 1.82) is 0 Å². The van der Waals surface area contributed by atoms with Crippen LogP contribution >= 0.6 is 31.7 Å². The molecule has 0 unspecified atom stereocenters. The quantitative estimate of drug-likeness (QED) is 0.0315. The van der Waals surface area contributed by atoms with Crippen molar-refractivity contribution in [3.63, 3.8) is 0 Å². The van der Waals surface area contributed by atoms with Crippen molar-refractivity contribution in [1.82, 2.24) is 0 Å². The molecule has 0 N–H and O–H groups in total. The predicted octanol–water partition coefficient (Wildman–Crippen LogP) is 17.9. The fourth-order valence-electron chi connectivity index (χ4n) is 13.3. The maximum Gasteiger partial charge on any atom is 1.00 e. The van der Waals surface area contributed by atoms with Crippen LogP contribution in [0.25, 0.3) is 22.3 Å². The summed E-state index contributed by atoms with van der Waals surface area (Å²) in [5.74, 6) is 11.1. The smallest absolute Gasteiger partial charge is 0.366 e. The van der Waals surface area contributed by atoms with Gasteiger partial charge in [0.15, 0.2) is 5.90 Å². The molecule has 0 heterocycles. The summed E-state index contributed by atoms with van der Waals surface area (Å²) < 4.78 is 0. The standard InChI is InChI=1S/C28H28P2.C25H22P2.2C19H12.4Au/c1-5-15-25(16-6-1)29(26-17-7-2-8-18-26)23-13-14-24-30(27-19-9-3-10-20-27)28-21-11-4-12-22-28;1-5-13-22(14-6-1)26(23-15-7-2-8-16-23)21-27(24-17-9-3-10-18-24)25-19-11-4-12-20-25;2*1-5-13-7-9-15-16-10-8-14(6-2)12-18(16)19(3,4)17(15)11-13;;;;/h1-12,15-22H,13-14,23-24H2;1-20H,21H2;2*7-12H,3-4H3;;;;/q;;2*-2;4*+1/p+4. The van der Waals surface area contributed by atoms with E-state index in [2.05, 4.69) is 318 Å². The molecule has 12 aromatic carbocycles. The average Bonchev–Trinajstić information content (AvgIpc) is 1.59. The van der Waals surface area contributed by atoms with Crippen molar-refractivity contribution in [3.8, 4) is 45.9 Å². The van der Waals surface area contributed by atoms with Gasteiger partial charge in [0.05, 0.1) is 49.4 Å². The van der Waals surface area contributed by atoms with Crippen LogP contribution < -0.4 is 42.4 Å². The van der Waals surface area contributed by atoms with E-state index in [-0.39, 0.29) is 100 Å². The van der Waals surface area contributed by atoms with Crippen LogP contribution in [0.2, 0.25) is 0 Å². The zero-order valence-corrected chi connectivity index (χ0v) is 68.4. The monoisotopic (exact) mass is 2080 g/mol. The van der Waals surface area contributed by atoms with Gasteiger partial charge in [0.25, 0.3) is 0 Å². The van der Waals surface area contributed by atoms with Crippen LogP contribution in [0.5, 0.6) is 0 Å². The van der Waals surface area contributed by atoms with Gasteiger partial charge < -0.3 is 25.7 Å². The molecule has 99 heavy (non-hydrogen) atoms. The molecule has 0 aliphatic heterocycles. The van der Waals surface area contributed by atoms with Gasteiger partial charge in [0.1, 0.15) is 37.1 Å². The molecular weight excluding hydrogens is 2000 g/mol. The summed E-state index contributed by atoms with van der Waals surface area (Å²) in [4.78, 5) is 0. The SMILES string of the molecule is [Au+].[Au+].[Au+].[Au+].[C-]#Cc1ccc2c(c1)C(C)(C)c1cc(C#[C-])ccc1-2.[C-]#Cc1ccc2c(c1)C(C)(C)c1cc(C#[C-])ccc1-2.c1ccc([PH+](CCCC[PH+](c2ccccc2)c2ccccc2)c2ccccc2)cc1.c1ccc([PH+](C[PH+](c2ccccc2)c2ccccc2)c2ccccc2)cc1. The Morgan fingerprint density at radius 1 is 0.242 bits per heavy atom. The summed E-state index contributed by atoms with van der Waals surface area (Å²) in [5, 5.41) is 12.1. The van der Waals surface area contributed by atoms with Crippen molar-refractivity contribution in [3.05, 3.63) is 386 Å². The Kier molecular flexibility index (Phi) is 31.6. The molecule has 14 rings (SSSR count). The Morgan fingerprint density at radius 3 is 0.586 bits per heavy atom. The van der Waals surface area contributed by atoms with Crippen LogP contribution in [0.15, 0.2) is 315 Å². The third-order valence-corrected chi connectivity index (χ3v) is 31.1. The van der Waals surface area contributed by atoms with E-state index in [1.54, 1.807) is 0 Å². The van der Waals surface area contributed by atoms with Crippen LogP contribution in [0.4, 0.5) is 0 Å². The Hall–Kier alpha value is -6.44. The van der Waals surface area contributed by atoms with Gasteiger partial charge in [-0.15, -0.1) is 70.8 Å². The van der Waals surface area contributed by atoms with Crippen molar-refractivity contribution < 1.29 is 89.5 Å². The third-order valence-electron chi connectivity index (χ3n) is 18.4. The van der Waals surface area contributed by atoms with E-state index in [1.807, 2.05) is 48.5 Å². The van der Waals surface area contributed by atoms with Crippen LogP contribution in [-0.4, -0.2) is 18.2 Å². The van der Waals surface area contributed by atoms with Crippen LogP contribution in [0, 0.1) is 49.4 Å². The molecule has 0 fully saturated rings. The maximum atomic E-state index is 7.28. The molecule has 0 amide bonds. The predicted molar refractivity (Wildman–Crippen MR) is 419 cm³/mol. The van der Waals surface area contributed by atoms with Gasteiger partial charge in [0.2, 0.25) is 0 Å². The summed E-state index contributed by atoms with van der Waals surface area (Å²) in [6.45, 7) is 8.72. The minimum Gasteiger partial charge on any atom is -0.366 e. The summed E-state index contributed by atoms with van der Waals surface area (Å²) >= 11 is 0. The van der Waals surface area contributed by atoms with E-state index in [0.717, 1.165) is 22.3 Å². The topological polar surface area (TPSA) is 0 Å². The second kappa shape index (κ2) is 39.1. The van der Waals surface area contributed by atoms with Crippen LogP contribution in [0.3, 0.4) is 0 Å². The minimum atomic E-state index is -0.847. The summed E-state index contributed by atoms with van der Waals surface area (Å²) in [6.07, 6.45) is 34.3. The van der Waals surface area contributed by atoms with Gasteiger partial charge in [-0.1, -0.05) is 198 Å². The van der Waals surface area contributed by atoms with Gasteiger partial charge in [-0.25, -0.2) is 0 Å². The molecule has 0 saturated heterocycles. The summed E-state index contributed by atoms with van der Waals surface area (Å²) in [5.41, 5.74) is 12.8. The average molecular weight is 2080 g/mol. The largest absolute Gasteiger partial charge is 1.00 e. The van der Waals surface area contributed by atoms with E-state index >= 15 is 0 Å². The van der Waals surface area contributed by atoms with E-state index in [1.165, 1.54) is 118 Å². The molecule has 12 aromatic rings. The normalized spacial score (nSPS) is 11.8. The molecular formula is C91H78Au4P4+4. The van der Waals surface area contributed by atoms with Crippen LogP contribution in [0.1, 0.15) is 85.0 Å². The summed E-state index contributed by atoms with van der Waals surface area (Å²) in [6, 6.07) is 113. The second-order valence-electron chi connectivity index (χ2n) is 25.0. The molecule has 0 saturated carbocycles. The van der Waals surface area contributed by atoms with Gasteiger partial charge >= 0.3 is 89.5 Å². The molecule has 502 valence electrons. The van der Waals surface area contributed by atoms with E-state index in [4.69, 9.17) is 25.7 Å². The van der Waals surface area contributed by atoms with Crippen molar-refractivity contribution in [2.75, 3.05) is 18.2 Å².